The van der Waals surface area contributed by atoms with E-state index in [2.05, 4.69) is 22.6 Å². The highest BCUT2D eigenvalue weighted by Gasteiger charge is 2.12. The molecule has 2 rings (SSSR count). The Kier molecular flexibility index (Phi) is 4.17. The first-order valence-corrected chi connectivity index (χ1v) is 7.35. The lowest BCUT2D eigenvalue weighted by molar-refractivity contribution is 0.863. The zero-order valence-corrected chi connectivity index (χ0v) is 12.9. The van der Waals surface area contributed by atoms with Crippen LogP contribution in [0, 0.1) is 13.8 Å². The monoisotopic (exact) mass is 291 g/mol. The van der Waals surface area contributed by atoms with E-state index in [1.54, 1.807) is 11.3 Å². The predicted octanol–water partition coefficient (Wildman–Crippen LogP) is 3.57. The van der Waals surface area contributed by atoms with E-state index in [9.17, 15) is 0 Å². The lowest BCUT2D eigenvalue weighted by Crippen LogP contribution is -2.15. The van der Waals surface area contributed by atoms with Crippen molar-refractivity contribution in [3.63, 3.8) is 0 Å². The highest BCUT2D eigenvalue weighted by molar-refractivity contribution is 7.80. The zero-order chi connectivity index (χ0) is 14.0. The smallest absolute Gasteiger partial charge is 0.115 e. The third-order valence-electron chi connectivity index (χ3n) is 2.82. The summed E-state index contributed by atoms with van der Waals surface area (Å²) < 4.78 is 0. The second kappa shape index (κ2) is 5.67. The Bertz CT molecular complexity index is 604. The van der Waals surface area contributed by atoms with E-state index >= 15 is 0 Å². The van der Waals surface area contributed by atoms with Crippen LogP contribution in [0.25, 0.3) is 0 Å². The van der Waals surface area contributed by atoms with Gasteiger partial charge in [0, 0.05) is 22.3 Å². The lowest BCUT2D eigenvalue weighted by atomic mass is 10.1. The number of hydrogen-bond acceptors (Lipinski definition) is 4. The summed E-state index contributed by atoms with van der Waals surface area (Å²) in [6.07, 6.45) is 0. The van der Waals surface area contributed by atoms with Gasteiger partial charge in [0.2, 0.25) is 0 Å². The summed E-state index contributed by atoms with van der Waals surface area (Å²) in [5, 5.41) is 6.54. The molecule has 0 radical (unpaired) electrons. The van der Waals surface area contributed by atoms with Crippen LogP contribution in [0.3, 0.4) is 0 Å². The minimum Gasteiger partial charge on any atom is -0.389 e. The number of rotatable bonds is 4. The van der Waals surface area contributed by atoms with Crippen LogP contribution >= 0.6 is 23.6 Å². The van der Waals surface area contributed by atoms with Crippen molar-refractivity contribution in [3.8, 4) is 0 Å². The number of nitrogens with zero attached hydrogens (tertiary/aromatic N) is 1. The van der Waals surface area contributed by atoms with Gasteiger partial charge in [-0.25, -0.2) is 4.98 Å². The fraction of sp³-hybridized carbons (Fsp3) is 0.286. The maximum Gasteiger partial charge on any atom is 0.115 e. The molecule has 0 saturated carbocycles. The van der Waals surface area contributed by atoms with Gasteiger partial charge >= 0.3 is 0 Å². The topological polar surface area (TPSA) is 50.9 Å². The van der Waals surface area contributed by atoms with E-state index in [4.69, 9.17) is 18.0 Å². The second-order valence-electron chi connectivity index (χ2n) is 4.61. The molecule has 5 heteroatoms. The van der Waals surface area contributed by atoms with Crippen LogP contribution in [0.1, 0.15) is 34.8 Å². The molecule has 3 nitrogen and oxygen atoms in total. The largest absolute Gasteiger partial charge is 0.389 e. The van der Waals surface area contributed by atoms with Crippen molar-refractivity contribution in [2.75, 3.05) is 5.32 Å². The number of thiazole rings is 1. The van der Waals surface area contributed by atoms with E-state index in [-0.39, 0.29) is 6.04 Å². The van der Waals surface area contributed by atoms with Crippen molar-refractivity contribution in [3.05, 3.63) is 45.4 Å². The summed E-state index contributed by atoms with van der Waals surface area (Å²) in [5.74, 6) is 0. The van der Waals surface area contributed by atoms with Gasteiger partial charge in [-0.1, -0.05) is 23.8 Å². The van der Waals surface area contributed by atoms with Gasteiger partial charge in [0.05, 0.1) is 6.04 Å². The first-order chi connectivity index (χ1) is 8.97. The van der Waals surface area contributed by atoms with Crippen molar-refractivity contribution in [1.82, 2.24) is 4.98 Å². The minimum absolute atomic E-state index is 0.134. The summed E-state index contributed by atoms with van der Waals surface area (Å²) >= 11 is 6.76. The molecule has 3 N–H and O–H groups in total. The fourth-order valence-corrected chi connectivity index (χ4v) is 2.83. The number of nitrogens with two attached hydrogens (primary N) is 1. The third kappa shape index (κ3) is 3.30. The molecule has 2 aromatic rings. The van der Waals surface area contributed by atoms with E-state index in [1.165, 1.54) is 0 Å². The normalized spacial score (nSPS) is 12.2. The minimum atomic E-state index is 0.134. The van der Waals surface area contributed by atoms with E-state index in [1.807, 2.05) is 32.0 Å². The number of benzene rings is 1. The van der Waals surface area contributed by atoms with E-state index in [0.29, 0.717) is 4.99 Å². The second-order valence-corrected chi connectivity index (χ2v) is 5.94. The summed E-state index contributed by atoms with van der Waals surface area (Å²) in [7, 11) is 0. The van der Waals surface area contributed by atoms with Gasteiger partial charge in [0.1, 0.15) is 10.00 Å². The molecule has 100 valence electrons. The first-order valence-electron chi connectivity index (χ1n) is 6.06. The quantitative estimate of drug-likeness (QED) is 0.846. The summed E-state index contributed by atoms with van der Waals surface area (Å²) in [6, 6.07) is 6.20. The average molecular weight is 291 g/mol. The Morgan fingerprint density at radius 2 is 2.16 bits per heavy atom. The van der Waals surface area contributed by atoms with Crippen LogP contribution in [0.15, 0.2) is 23.6 Å². The molecule has 0 amide bonds. The van der Waals surface area contributed by atoms with Crippen LogP contribution < -0.4 is 11.1 Å². The van der Waals surface area contributed by atoms with Crippen LogP contribution in [0.4, 0.5) is 5.69 Å². The van der Waals surface area contributed by atoms with Crippen molar-refractivity contribution >= 4 is 34.2 Å². The Labute approximate surface area is 122 Å². The molecular formula is C14H17N3S2. The fourth-order valence-electron chi connectivity index (χ4n) is 1.85. The number of anilines is 1. The third-order valence-corrected chi connectivity index (χ3v) is 4.18. The maximum atomic E-state index is 5.78. The molecule has 0 aliphatic carbocycles. The molecule has 0 aliphatic rings. The van der Waals surface area contributed by atoms with Crippen LogP contribution in [0.5, 0.6) is 0 Å². The van der Waals surface area contributed by atoms with E-state index < -0.39 is 0 Å². The SMILES string of the molecule is Cc1ccc(NC(C)c2nc(C)cs2)c(C(N)=S)c1. The molecule has 0 spiro atoms. The Morgan fingerprint density at radius 3 is 2.74 bits per heavy atom. The number of nitrogens with one attached hydrogen (secondary N) is 1. The van der Waals surface area contributed by atoms with E-state index in [0.717, 1.165) is 27.5 Å². The summed E-state index contributed by atoms with van der Waals surface area (Å²) in [4.78, 5) is 4.90. The molecule has 0 fully saturated rings. The Morgan fingerprint density at radius 1 is 1.42 bits per heavy atom. The average Bonchev–Trinajstić information content (AvgIpc) is 2.78. The molecule has 0 aliphatic heterocycles. The number of aryl methyl sites for hydroxylation is 2. The Hall–Kier alpha value is -1.46. The molecule has 1 heterocycles. The van der Waals surface area contributed by atoms with Crippen molar-refractivity contribution < 1.29 is 0 Å². The number of thiocarbonyl (C=S) groups is 1. The molecular weight excluding hydrogens is 274 g/mol. The molecule has 0 bridgehead atoms. The number of aromatic nitrogens is 1. The zero-order valence-electron chi connectivity index (χ0n) is 11.2. The molecule has 1 aromatic carbocycles. The number of hydrogen-bond donors (Lipinski definition) is 2. The maximum absolute atomic E-state index is 5.78. The highest BCUT2D eigenvalue weighted by atomic mass is 32.1. The van der Waals surface area contributed by atoms with Crippen molar-refractivity contribution in [2.24, 2.45) is 5.73 Å². The van der Waals surface area contributed by atoms with Gasteiger partial charge in [-0.15, -0.1) is 11.3 Å². The van der Waals surface area contributed by atoms with Gasteiger partial charge in [-0.2, -0.15) is 0 Å². The van der Waals surface area contributed by atoms with Crippen molar-refractivity contribution in [1.29, 1.82) is 0 Å². The molecule has 1 aromatic heterocycles. The van der Waals surface area contributed by atoms with Gasteiger partial charge < -0.3 is 11.1 Å². The summed E-state index contributed by atoms with van der Waals surface area (Å²) in [5.41, 5.74) is 9.81. The van der Waals surface area contributed by atoms with Gasteiger partial charge in [-0.05, 0) is 32.9 Å². The van der Waals surface area contributed by atoms with Crippen LogP contribution in [0.2, 0.25) is 0 Å². The molecule has 19 heavy (non-hydrogen) atoms. The Balaban J connectivity index is 2.26. The summed E-state index contributed by atoms with van der Waals surface area (Å²) in [6.45, 7) is 6.11. The lowest BCUT2D eigenvalue weighted by Gasteiger charge is -2.16. The van der Waals surface area contributed by atoms with Crippen LogP contribution in [-0.4, -0.2) is 9.97 Å². The first kappa shape index (κ1) is 14.0. The standard InChI is InChI=1S/C14H17N3S2/c1-8-4-5-12(11(6-8)13(15)18)17-10(3)14-16-9(2)7-19-14/h4-7,10,17H,1-3H3,(H2,15,18). The highest BCUT2D eigenvalue weighted by Crippen LogP contribution is 2.25. The van der Waals surface area contributed by atoms with Crippen LogP contribution in [-0.2, 0) is 0 Å². The molecule has 1 atom stereocenters. The molecule has 1 unspecified atom stereocenters. The van der Waals surface area contributed by atoms with Gasteiger partial charge in [0.25, 0.3) is 0 Å². The predicted molar refractivity (Wildman–Crippen MR) is 86.0 cm³/mol. The van der Waals surface area contributed by atoms with Gasteiger partial charge in [-0.3, -0.25) is 0 Å². The van der Waals surface area contributed by atoms with Crippen molar-refractivity contribution in [2.45, 2.75) is 26.8 Å². The van der Waals surface area contributed by atoms with Gasteiger partial charge in [0.15, 0.2) is 0 Å². The molecule has 0 saturated heterocycles.